The van der Waals surface area contributed by atoms with Gasteiger partial charge in [0.05, 0.1) is 5.69 Å². The lowest BCUT2D eigenvalue weighted by Gasteiger charge is -2.34. The third-order valence-corrected chi connectivity index (χ3v) is 6.38. The van der Waals surface area contributed by atoms with Crippen molar-refractivity contribution in [2.24, 2.45) is 7.05 Å². The summed E-state index contributed by atoms with van der Waals surface area (Å²) >= 11 is 7.92. The molecule has 4 rings (SSSR count). The zero-order valence-electron chi connectivity index (χ0n) is 16.1. The molecule has 7 heteroatoms. The summed E-state index contributed by atoms with van der Waals surface area (Å²) in [5, 5.41) is 5.04. The van der Waals surface area contributed by atoms with Gasteiger partial charge in [-0.05, 0) is 42.8 Å². The minimum Gasteiger partial charge on any atom is -0.335 e. The highest BCUT2D eigenvalue weighted by atomic mass is 35.5. The van der Waals surface area contributed by atoms with Crippen LogP contribution in [-0.4, -0.2) is 51.7 Å². The van der Waals surface area contributed by atoms with E-state index in [9.17, 15) is 4.79 Å². The van der Waals surface area contributed by atoms with Gasteiger partial charge in [0, 0.05) is 54.5 Å². The summed E-state index contributed by atoms with van der Waals surface area (Å²) in [5.41, 5.74) is 2.69. The molecule has 146 valence electrons. The van der Waals surface area contributed by atoms with Crippen LogP contribution in [0, 0.1) is 6.92 Å². The molecule has 1 aliphatic heterocycles. The second kappa shape index (κ2) is 8.07. The predicted octanol–water partition coefficient (Wildman–Crippen LogP) is 4.07. The summed E-state index contributed by atoms with van der Waals surface area (Å²) < 4.78 is 1.67. The van der Waals surface area contributed by atoms with Crippen LogP contribution in [0.2, 0.25) is 5.02 Å². The van der Waals surface area contributed by atoms with E-state index in [0.29, 0.717) is 5.69 Å². The number of amides is 1. The second-order valence-corrected chi connectivity index (χ2v) is 8.74. The molecule has 0 radical (unpaired) electrons. The number of aryl methyl sites for hydroxylation is 2. The standard InChI is InChI=1S/C21H23ClN4OS/c1-15-12-19(24(2)23-15)21(27)26-10-8-25(9-11-26)14-18-6-7-20(28-18)16-4-3-5-17(22)13-16/h3-7,12-13H,8-11,14H2,1-2H3. The van der Waals surface area contributed by atoms with Gasteiger partial charge in [-0.3, -0.25) is 14.4 Å². The zero-order chi connectivity index (χ0) is 19.7. The van der Waals surface area contributed by atoms with E-state index in [1.807, 2.05) is 43.1 Å². The number of carbonyl (C=O) groups is 1. The molecule has 5 nitrogen and oxygen atoms in total. The summed E-state index contributed by atoms with van der Waals surface area (Å²) in [6, 6.07) is 14.2. The number of thiophene rings is 1. The highest BCUT2D eigenvalue weighted by Gasteiger charge is 2.24. The van der Waals surface area contributed by atoms with Crippen molar-refractivity contribution in [3.05, 3.63) is 63.8 Å². The zero-order valence-corrected chi connectivity index (χ0v) is 17.6. The summed E-state index contributed by atoms with van der Waals surface area (Å²) in [4.78, 5) is 19.6. The topological polar surface area (TPSA) is 41.4 Å². The lowest BCUT2D eigenvalue weighted by Crippen LogP contribution is -2.48. The van der Waals surface area contributed by atoms with Gasteiger partial charge in [-0.1, -0.05) is 23.7 Å². The van der Waals surface area contributed by atoms with Crippen LogP contribution in [0.5, 0.6) is 0 Å². The Morgan fingerprint density at radius 2 is 1.93 bits per heavy atom. The van der Waals surface area contributed by atoms with E-state index < -0.39 is 0 Å². The number of piperazine rings is 1. The number of benzene rings is 1. The molecule has 2 aromatic heterocycles. The first kappa shape index (κ1) is 19.2. The lowest BCUT2D eigenvalue weighted by molar-refractivity contribution is 0.0619. The van der Waals surface area contributed by atoms with Gasteiger partial charge in [-0.2, -0.15) is 5.10 Å². The molecule has 0 unspecified atom stereocenters. The fourth-order valence-corrected chi connectivity index (χ4v) is 4.80. The van der Waals surface area contributed by atoms with Crippen molar-refractivity contribution in [1.82, 2.24) is 19.6 Å². The van der Waals surface area contributed by atoms with E-state index in [2.05, 4.69) is 28.2 Å². The van der Waals surface area contributed by atoms with Crippen LogP contribution >= 0.6 is 22.9 Å². The fourth-order valence-electron chi connectivity index (χ4n) is 3.56. The van der Waals surface area contributed by atoms with E-state index in [0.717, 1.165) is 49.0 Å². The van der Waals surface area contributed by atoms with Crippen molar-refractivity contribution in [2.75, 3.05) is 26.2 Å². The minimum atomic E-state index is 0.0714. The fraction of sp³-hybridized carbons (Fsp3) is 0.333. The molecule has 3 heterocycles. The molecule has 1 fully saturated rings. The first-order chi connectivity index (χ1) is 13.5. The van der Waals surface area contributed by atoms with Crippen LogP contribution in [-0.2, 0) is 13.6 Å². The van der Waals surface area contributed by atoms with E-state index in [1.54, 1.807) is 16.0 Å². The maximum absolute atomic E-state index is 12.7. The molecule has 0 bridgehead atoms. The molecule has 1 aliphatic rings. The smallest absolute Gasteiger partial charge is 0.272 e. The highest BCUT2D eigenvalue weighted by molar-refractivity contribution is 7.15. The van der Waals surface area contributed by atoms with Crippen LogP contribution in [0.1, 0.15) is 21.1 Å². The Balaban J connectivity index is 1.35. The number of carbonyl (C=O) groups excluding carboxylic acids is 1. The molecule has 0 N–H and O–H groups in total. The van der Waals surface area contributed by atoms with Gasteiger partial charge >= 0.3 is 0 Å². The maximum atomic E-state index is 12.7. The van der Waals surface area contributed by atoms with Crippen LogP contribution in [0.25, 0.3) is 10.4 Å². The first-order valence-electron chi connectivity index (χ1n) is 9.36. The third kappa shape index (κ3) is 4.14. The van der Waals surface area contributed by atoms with Gasteiger partial charge in [0.25, 0.3) is 5.91 Å². The van der Waals surface area contributed by atoms with Gasteiger partial charge in [-0.15, -0.1) is 11.3 Å². The van der Waals surface area contributed by atoms with E-state index in [4.69, 9.17) is 11.6 Å². The monoisotopic (exact) mass is 414 g/mol. The average Bonchev–Trinajstić information content (AvgIpc) is 3.28. The molecule has 1 amide bonds. The molecule has 28 heavy (non-hydrogen) atoms. The van der Waals surface area contributed by atoms with E-state index in [-0.39, 0.29) is 5.91 Å². The van der Waals surface area contributed by atoms with Crippen molar-refractivity contribution in [3.63, 3.8) is 0 Å². The van der Waals surface area contributed by atoms with Gasteiger partial charge < -0.3 is 4.90 Å². The number of nitrogens with zero attached hydrogens (tertiary/aromatic N) is 4. The number of rotatable bonds is 4. The Hall–Kier alpha value is -2.15. The van der Waals surface area contributed by atoms with Gasteiger partial charge in [0.2, 0.25) is 0 Å². The van der Waals surface area contributed by atoms with Gasteiger partial charge in [0.15, 0.2) is 0 Å². The van der Waals surface area contributed by atoms with Gasteiger partial charge in [-0.25, -0.2) is 0 Å². The molecule has 0 saturated carbocycles. The Bertz CT molecular complexity index is 988. The van der Waals surface area contributed by atoms with Crippen LogP contribution in [0.4, 0.5) is 0 Å². The lowest BCUT2D eigenvalue weighted by atomic mass is 10.2. The quantitative estimate of drug-likeness (QED) is 0.646. The first-order valence-corrected chi connectivity index (χ1v) is 10.6. The van der Waals surface area contributed by atoms with Crippen molar-refractivity contribution in [1.29, 1.82) is 0 Å². The minimum absolute atomic E-state index is 0.0714. The number of hydrogen-bond acceptors (Lipinski definition) is 4. The van der Waals surface area contributed by atoms with E-state index >= 15 is 0 Å². The summed E-state index contributed by atoms with van der Waals surface area (Å²) in [6.07, 6.45) is 0. The van der Waals surface area contributed by atoms with Crippen molar-refractivity contribution in [3.8, 4) is 10.4 Å². The third-order valence-electron chi connectivity index (χ3n) is 5.03. The summed E-state index contributed by atoms with van der Waals surface area (Å²) in [6.45, 7) is 6.08. The Labute approximate surface area is 174 Å². The van der Waals surface area contributed by atoms with Crippen molar-refractivity contribution >= 4 is 28.8 Å². The number of halogens is 1. The molecule has 1 saturated heterocycles. The normalized spacial score (nSPS) is 15.2. The summed E-state index contributed by atoms with van der Waals surface area (Å²) in [5.74, 6) is 0.0714. The summed E-state index contributed by atoms with van der Waals surface area (Å²) in [7, 11) is 1.82. The molecule has 3 aromatic rings. The highest BCUT2D eigenvalue weighted by Crippen LogP contribution is 2.30. The Kier molecular flexibility index (Phi) is 5.53. The van der Waals surface area contributed by atoms with Crippen LogP contribution in [0.15, 0.2) is 42.5 Å². The second-order valence-electron chi connectivity index (χ2n) is 7.14. The Morgan fingerprint density at radius 1 is 1.14 bits per heavy atom. The molecule has 1 aromatic carbocycles. The van der Waals surface area contributed by atoms with Crippen molar-refractivity contribution in [2.45, 2.75) is 13.5 Å². The number of hydrogen-bond donors (Lipinski definition) is 0. The molecular formula is C21H23ClN4OS. The SMILES string of the molecule is Cc1cc(C(=O)N2CCN(Cc3ccc(-c4cccc(Cl)c4)s3)CC2)n(C)n1. The van der Waals surface area contributed by atoms with Crippen LogP contribution < -0.4 is 0 Å². The molecule has 0 aliphatic carbocycles. The molecule has 0 atom stereocenters. The largest absolute Gasteiger partial charge is 0.335 e. The number of aromatic nitrogens is 2. The van der Waals surface area contributed by atoms with Crippen molar-refractivity contribution < 1.29 is 4.79 Å². The van der Waals surface area contributed by atoms with Gasteiger partial charge in [0.1, 0.15) is 5.69 Å². The Morgan fingerprint density at radius 3 is 2.61 bits per heavy atom. The molecule has 0 spiro atoms. The maximum Gasteiger partial charge on any atom is 0.272 e. The van der Waals surface area contributed by atoms with Crippen LogP contribution in [0.3, 0.4) is 0 Å². The van der Waals surface area contributed by atoms with E-state index in [1.165, 1.54) is 9.75 Å². The predicted molar refractivity (Wildman–Crippen MR) is 114 cm³/mol. The molecular weight excluding hydrogens is 392 g/mol. The average molecular weight is 415 g/mol.